The van der Waals surface area contributed by atoms with Crippen LogP contribution in [0.4, 0.5) is 0 Å². The lowest BCUT2D eigenvalue weighted by Crippen LogP contribution is -2.27. The van der Waals surface area contributed by atoms with Crippen molar-refractivity contribution >= 4 is 28.1 Å². The van der Waals surface area contributed by atoms with Gasteiger partial charge in [-0.2, -0.15) is 5.10 Å². The van der Waals surface area contributed by atoms with Gasteiger partial charge in [-0.15, -0.1) is 11.3 Å². The smallest absolute Gasteiger partial charge is 0.271 e. The molecule has 4 aromatic rings. The molecular weight excluding hydrogens is 358 g/mol. The fraction of sp³-hybridized carbons (Fsp3) is 0.200. The number of para-hydroxylation sites is 1. The highest BCUT2D eigenvalue weighted by Crippen LogP contribution is 2.22. The van der Waals surface area contributed by atoms with Gasteiger partial charge in [0.25, 0.3) is 5.91 Å². The van der Waals surface area contributed by atoms with E-state index >= 15 is 0 Å². The zero-order valence-corrected chi connectivity index (χ0v) is 15.6. The van der Waals surface area contributed by atoms with Gasteiger partial charge in [0.15, 0.2) is 5.69 Å². The Morgan fingerprint density at radius 3 is 2.96 bits per heavy atom. The highest BCUT2D eigenvalue weighted by Gasteiger charge is 2.11. The average Bonchev–Trinajstić information content (AvgIpc) is 3.44. The number of nitrogens with one attached hydrogen (secondary N) is 4. The molecule has 0 fully saturated rings. The standard InChI is InChI=1S/C20H21N5OS/c26-20(18-11-17(24-25-18)19-7-3-10-27-19)22-9-4-8-21-12-14-13-23-16-6-2-1-5-15(14)16/h1-3,5-7,10-11,13,21,23H,4,8-9,12H2,(H,22,26)(H,24,25). The van der Waals surface area contributed by atoms with Crippen LogP contribution in [-0.4, -0.2) is 34.2 Å². The SMILES string of the molecule is O=C(NCCCNCc1c[nH]c2ccccc12)c1cc(-c2cccs2)[nH]n1. The van der Waals surface area contributed by atoms with Crippen molar-refractivity contribution in [2.75, 3.05) is 13.1 Å². The molecule has 27 heavy (non-hydrogen) atoms. The number of thiophene rings is 1. The van der Waals surface area contributed by atoms with E-state index in [1.165, 1.54) is 10.9 Å². The molecule has 138 valence electrons. The summed E-state index contributed by atoms with van der Waals surface area (Å²) in [5.41, 5.74) is 3.70. The van der Waals surface area contributed by atoms with Gasteiger partial charge in [-0.05, 0) is 42.1 Å². The monoisotopic (exact) mass is 379 g/mol. The van der Waals surface area contributed by atoms with Crippen molar-refractivity contribution in [3.63, 3.8) is 0 Å². The Morgan fingerprint density at radius 2 is 2.07 bits per heavy atom. The molecule has 0 aliphatic rings. The van der Waals surface area contributed by atoms with Crippen LogP contribution in [-0.2, 0) is 6.54 Å². The maximum Gasteiger partial charge on any atom is 0.271 e. The van der Waals surface area contributed by atoms with Crippen LogP contribution in [0.5, 0.6) is 0 Å². The lowest BCUT2D eigenvalue weighted by molar-refractivity contribution is 0.0948. The van der Waals surface area contributed by atoms with Crippen molar-refractivity contribution < 1.29 is 4.79 Å². The fourth-order valence-corrected chi connectivity index (χ4v) is 3.70. The van der Waals surface area contributed by atoms with Crippen LogP contribution in [0, 0.1) is 0 Å². The molecular formula is C20H21N5OS. The lowest BCUT2D eigenvalue weighted by Gasteiger charge is -2.05. The van der Waals surface area contributed by atoms with E-state index in [0.717, 1.165) is 35.6 Å². The second-order valence-corrected chi connectivity index (χ2v) is 7.24. The molecule has 0 unspecified atom stereocenters. The van der Waals surface area contributed by atoms with Gasteiger partial charge in [0.05, 0.1) is 10.6 Å². The Balaban J connectivity index is 1.18. The van der Waals surface area contributed by atoms with Gasteiger partial charge in [0.2, 0.25) is 0 Å². The minimum atomic E-state index is -0.148. The molecule has 0 atom stereocenters. The van der Waals surface area contributed by atoms with E-state index in [4.69, 9.17) is 0 Å². The van der Waals surface area contributed by atoms with Gasteiger partial charge in [-0.1, -0.05) is 24.3 Å². The van der Waals surface area contributed by atoms with E-state index in [1.807, 2.05) is 35.8 Å². The summed E-state index contributed by atoms with van der Waals surface area (Å²) in [7, 11) is 0. The van der Waals surface area contributed by atoms with Crippen molar-refractivity contribution in [1.82, 2.24) is 25.8 Å². The highest BCUT2D eigenvalue weighted by molar-refractivity contribution is 7.13. The number of nitrogens with zero attached hydrogens (tertiary/aromatic N) is 1. The maximum atomic E-state index is 12.2. The Kier molecular flexibility index (Phi) is 5.32. The number of hydrogen-bond acceptors (Lipinski definition) is 4. The van der Waals surface area contributed by atoms with E-state index in [2.05, 4.69) is 37.9 Å². The Bertz CT molecular complexity index is 1020. The third-order valence-corrected chi connectivity index (χ3v) is 5.31. The first kappa shape index (κ1) is 17.5. The van der Waals surface area contributed by atoms with Crippen LogP contribution in [0.25, 0.3) is 21.5 Å². The largest absolute Gasteiger partial charge is 0.361 e. The van der Waals surface area contributed by atoms with Gasteiger partial charge in [0, 0.05) is 30.2 Å². The first-order valence-corrected chi connectivity index (χ1v) is 9.82. The van der Waals surface area contributed by atoms with Crippen LogP contribution in [0.2, 0.25) is 0 Å². The Labute approximate surface area is 161 Å². The first-order chi connectivity index (χ1) is 13.3. The topological polar surface area (TPSA) is 85.6 Å². The van der Waals surface area contributed by atoms with Crippen LogP contribution >= 0.6 is 11.3 Å². The molecule has 0 saturated carbocycles. The Hall–Kier alpha value is -2.90. The Morgan fingerprint density at radius 1 is 1.15 bits per heavy atom. The average molecular weight is 379 g/mol. The number of hydrogen-bond donors (Lipinski definition) is 4. The molecule has 0 radical (unpaired) electrons. The molecule has 0 aliphatic heterocycles. The molecule has 1 amide bonds. The van der Waals surface area contributed by atoms with Gasteiger partial charge >= 0.3 is 0 Å². The number of fused-ring (bicyclic) bond motifs is 1. The number of H-pyrrole nitrogens is 2. The molecule has 0 bridgehead atoms. The van der Waals surface area contributed by atoms with Crippen molar-refractivity contribution in [3.8, 4) is 10.6 Å². The summed E-state index contributed by atoms with van der Waals surface area (Å²) in [6.45, 7) is 2.25. The van der Waals surface area contributed by atoms with Gasteiger partial charge in [0.1, 0.15) is 0 Å². The summed E-state index contributed by atoms with van der Waals surface area (Å²) in [5, 5.41) is 16.6. The molecule has 1 aromatic carbocycles. The maximum absolute atomic E-state index is 12.2. The molecule has 3 aromatic heterocycles. The third-order valence-electron chi connectivity index (χ3n) is 4.40. The molecule has 0 aliphatic carbocycles. The minimum absolute atomic E-state index is 0.148. The molecule has 3 heterocycles. The lowest BCUT2D eigenvalue weighted by atomic mass is 10.2. The molecule has 4 N–H and O–H groups in total. The predicted octanol–water partition coefficient (Wildman–Crippen LogP) is 3.53. The van der Waals surface area contributed by atoms with Crippen LogP contribution in [0.15, 0.2) is 54.0 Å². The van der Waals surface area contributed by atoms with E-state index in [9.17, 15) is 4.79 Å². The number of aromatic nitrogens is 3. The zero-order valence-electron chi connectivity index (χ0n) is 14.8. The van der Waals surface area contributed by atoms with Crippen LogP contribution in [0.1, 0.15) is 22.5 Å². The number of amides is 1. The van der Waals surface area contributed by atoms with E-state index in [1.54, 1.807) is 17.4 Å². The van der Waals surface area contributed by atoms with Crippen molar-refractivity contribution in [2.24, 2.45) is 0 Å². The summed E-state index contributed by atoms with van der Waals surface area (Å²) >= 11 is 1.61. The summed E-state index contributed by atoms with van der Waals surface area (Å²) in [4.78, 5) is 16.5. The zero-order chi connectivity index (χ0) is 18.5. The number of aromatic amines is 2. The molecule has 7 heteroatoms. The molecule has 0 saturated heterocycles. The van der Waals surface area contributed by atoms with Crippen molar-refractivity contribution in [2.45, 2.75) is 13.0 Å². The van der Waals surface area contributed by atoms with Crippen molar-refractivity contribution in [3.05, 3.63) is 65.3 Å². The molecule has 0 spiro atoms. The van der Waals surface area contributed by atoms with E-state index in [0.29, 0.717) is 12.2 Å². The minimum Gasteiger partial charge on any atom is -0.361 e. The second-order valence-electron chi connectivity index (χ2n) is 6.29. The van der Waals surface area contributed by atoms with Gasteiger partial charge < -0.3 is 15.6 Å². The number of rotatable bonds is 8. The molecule has 6 nitrogen and oxygen atoms in total. The highest BCUT2D eigenvalue weighted by atomic mass is 32.1. The third kappa shape index (κ3) is 4.10. The van der Waals surface area contributed by atoms with E-state index in [-0.39, 0.29) is 5.91 Å². The van der Waals surface area contributed by atoms with Gasteiger partial charge in [-0.25, -0.2) is 0 Å². The van der Waals surface area contributed by atoms with E-state index < -0.39 is 0 Å². The summed E-state index contributed by atoms with van der Waals surface area (Å²) < 4.78 is 0. The molecule has 4 rings (SSSR count). The van der Waals surface area contributed by atoms with Crippen LogP contribution in [0.3, 0.4) is 0 Å². The summed E-state index contributed by atoms with van der Waals surface area (Å²) in [6.07, 6.45) is 2.90. The first-order valence-electron chi connectivity index (χ1n) is 8.94. The van der Waals surface area contributed by atoms with Crippen molar-refractivity contribution in [1.29, 1.82) is 0 Å². The normalized spacial score (nSPS) is 11.1. The quantitative estimate of drug-likeness (QED) is 0.353. The second kappa shape index (κ2) is 8.20. The number of carbonyl (C=O) groups is 1. The number of benzene rings is 1. The summed E-state index contributed by atoms with van der Waals surface area (Å²) in [5.74, 6) is -0.148. The van der Waals surface area contributed by atoms with Crippen LogP contribution < -0.4 is 10.6 Å². The fourth-order valence-electron chi connectivity index (χ4n) is 3.00. The number of carbonyl (C=O) groups excluding carboxylic acids is 1. The summed E-state index contributed by atoms with van der Waals surface area (Å²) in [6, 6.07) is 14.0. The predicted molar refractivity (Wildman–Crippen MR) is 109 cm³/mol. The van der Waals surface area contributed by atoms with Gasteiger partial charge in [-0.3, -0.25) is 9.89 Å².